The van der Waals surface area contributed by atoms with Crippen LogP contribution in [0.25, 0.3) is 0 Å². The Bertz CT molecular complexity index is 795. The van der Waals surface area contributed by atoms with Crippen LogP contribution in [0.4, 0.5) is 20.2 Å². The maximum Gasteiger partial charge on any atom is 0.272 e. The van der Waals surface area contributed by atoms with Crippen molar-refractivity contribution in [2.45, 2.75) is 6.54 Å². The van der Waals surface area contributed by atoms with Crippen LogP contribution in [0.1, 0.15) is 5.56 Å². The van der Waals surface area contributed by atoms with Crippen LogP contribution >= 0.6 is 11.6 Å². The van der Waals surface area contributed by atoms with Gasteiger partial charge in [0.25, 0.3) is 5.69 Å². The van der Waals surface area contributed by atoms with Crippen molar-refractivity contribution in [3.63, 3.8) is 0 Å². The molecule has 2 aromatic carbocycles. The van der Waals surface area contributed by atoms with Crippen LogP contribution in [0.3, 0.4) is 0 Å². The predicted molar refractivity (Wildman–Crippen MR) is 92.0 cm³/mol. The number of benzene rings is 2. The zero-order valence-electron chi connectivity index (χ0n) is 13.3. The normalized spacial score (nSPS) is 15.4. The molecule has 1 fully saturated rings. The molecule has 132 valence electrons. The van der Waals surface area contributed by atoms with Crippen molar-refractivity contribution in [3.8, 4) is 0 Å². The van der Waals surface area contributed by atoms with Crippen molar-refractivity contribution in [2.75, 3.05) is 31.1 Å². The maximum atomic E-state index is 14.1. The Morgan fingerprint density at radius 2 is 1.80 bits per heavy atom. The molecule has 0 amide bonds. The van der Waals surface area contributed by atoms with E-state index in [9.17, 15) is 18.9 Å². The van der Waals surface area contributed by atoms with Crippen LogP contribution in [-0.4, -0.2) is 36.0 Å². The van der Waals surface area contributed by atoms with E-state index in [1.165, 1.54) is 24.3 Å². The molecule has 1 aliphatic rings. The van der Waals surface area contributed by atoms with Gasteiger partial charge in [-0.15, -0.1) is 0 Å². The van der Waals surface area contributed by atoms with Crippen LogP contribution in [0.15, 0.2) is 36.4 Å². The van der Waals surface area contributed by atoms with Crippen molar-refractivity contribution in [2.24, 2.45) is 0 Å². The van der Waals surface area contributed by atoms with Crippen molar-refractivity contribution in [1.29, 1.82) is 0 Å². The summed E-state index contributed by atoms with van der Waals surface area (Å²) in [6.45, 7) is 3.14. The lowest BCUT2D eigenvalue weighted by atomic mass is 10.1. The van der Waals surface area contributed by atoms with Gasteiger partial charge in [0.1, 0.15) is 5.82 Å². The SMILES string of the molecule is O=[N+]([O-])c1ccc(N2CCN(Cc3ccc(F)cc3Cl)CC2)c(F)c1. The van der Waals surface area contributed by atoms with Crippen LogP contribution < -0.4 is 4.90 Å². The molecule has 0 N–H and O–H groups in total. The van der Waals surface area contributed by atoms with Gasteiger partial charge in [0, 0.05) is 43.8 Å². The number of nitro benzene ring substituents is 1. The molecule has 5 nitrogen and oxygen atoms in total. The van der Waals surface area contributed by atoms with Crippen LogP contribution in [-0.2, 0) is 6.54 Å². The molecule has 1 heterocycles. The molecular weight excluding hydrogens is 352 g/mol. The highest BCUT2D eigenvalue weighted by Crippen LogP contribution is 2.26. The number of hydrogen-bond donors (Lipinski definition) is 0. The number of rotatable bonds is 4. The molecule has 0 unspecified atom stereocenters. The van der Waals surface area contributed by atoms with Crippen molar-refractivity contribution < 1.29 is 13.7 Å². The van der Waals surface area contributed by atoms with Gasteiger partial charge in [0.2, 0.25) is 0 Å². The van der Waals surface area contributed by atoms with Crippen LogP contribution in [0.2, 0.25) is 5.02 Å². The molecule has 0 aliphatic carbocycles. The van der Waals surface area contributed by atoms with Gasteiger partial charge in [0.15, 0.2) is 5.82 Å². The predicted octanol–water partition coefficient (Wildman–Crippen LogP) is 3.85. The van der Waals surface area contributed by atoms with Crippen LogP contribution in [0.5, 0.6) is 0 Å². The summed E-state index contributed by atoms with van der Waals surface area (Å²) in [7, 11) is 0. The van der Waals surface area contributed by atoms with Crippen molar-refractivity contribution in [1.82, 2.24) is 4.90 Å². The molecule has 0 spiro atoms. The molecule has 0 aromatic heterocycles. The minimum Gasteiger partial charge on any atom is -0.367 e. The minimum absolute atomic E-state index is 0.258. The first-order chi connectivity index (χ1) is 11.9. The first-order valence-corrected chi connectivity index (χ1v) is 8.17. The summed E-state index contributed by atoms with van der Waals surface area (Å²) in [5.74, 6) is -0.962. The average molecular weight is 368 g/mol. The molecule has 0 bridgehead atoms. The molecule has 0 atom stereocenters. The lowest BCUT2D eigenvalue weighted by Gasteiger charge is -2.36. The number of piperazine rings is 1. The first kappa shape index (κ1) is 17.6. The van der Waals surface area contributed by atoms with Gasteiger partial charge in [-0.25, -0.2) is 8.78 Å². The summed E-state index contributed by atoms with van der Waals surface area (Å²) >= 11 is 6.05. The molecule has 3 rings (SSSR count). The van der Waals surface area contributed by atoms with Gasteiger partial charge in [0.05, 0.1) is 16.7 Å². The monoisotopic (exact) mass is 367 g/mol. The van der Waals surface area contributed by atoms with E-state index in [2.05, 4.69) is 4.90 Å². The zero-order valence-corrected chi connectivity index (χ0v) is 14.0. The molecule has 2 aromatic rings. The highest BCUT2D eigenvalue weighted by Gasteiger charge is 2.21. The number of halogens is 3. The summed E-state index contributed by atoms with van der Waals surface area (Å²) in [6, 6.07) is 8.03. The lowest BCUT2D eigenvalue weighted by Crippen LogP contribution is -2.46. The largest absolute Gasteiger partial charge is 0.367 e. The molecule has 1 aliphatic heterocycles. The fourth-order valence-electron chi connectivity index (χ4n) is 2.90. The second-order valence-electron chi connectivity index (χ2n) is 5.89. The smallest absolute Gasteiger partial charge is 0.272 e. The molecular formula is C17H16ClF2N3O2. The summed E-state index contributed by atoms with van der Waals surface area (Å²) in [6.07, 6.45) is 0. The van der Waals surface area contributed by atoms with E-state index in [0.29, 0.717) is 43.4 Å². The second kappa shape index (κ2) is 7.33. The molecule has 25 heavy (non-hydrogen) atoms. The number of non-ortho nitro benzene ring substituents is 1. The number of nitrogens with zero attached hydrogens (tertiary/aromatic N) is 3. The molecule has 0 radical (unpaired) electrons. The van der Waals surface area contributed by atoms with Crippen molar-refractivity contribution in [3.05, 3.63) is 68.7 Å². The van der Waals surface area contributed by atoms with E-state index >= 15 is 0 Å². The maximum absolute atomic E-state index is 14.1. The topological polar surface area (TPSA) is 49.6 Å². The Kier molecular flexibility index (Phi) is 5.15. The van der Waals surface area contributed by atoms with Gasteiger partial charge in [-0.2, -0.15) is 0 Å². The van der Waals surface area contributed by atoms with Gasteiger partial charge < -0.3 is 4.90 Å². The first-order valence-electron chi connectivity index (χ1n) is 7.79. The highest BCUT2D eigenvalue weighted by atomic mass is 35.5. The molecule has 8 heteroatoms. The Labute approximate surface area is 148 Å². The number of nitro groups is 1. The fraction of sp³-hybridized carbons (Fsp3) is 0.294. The van der Waals surface area contributed by atoms with Gasteiger partial charge >= 0.3 is 0 Å². The molecule has 0 saturated carbocycles. The molecule has 1 saturated heterocycles. The van der Waals surface area contributed by atoms with Gasteiger partial charge in [-0.3, -0.25) is 15.0 Å². The van der Waals surface area contributed by atoms with Gasteiger partial charge in [-0.05, 0) is 23.8 Å². The Hall–Kier alpha value is -2.25. The average Bonchev–Trinajstić information content (AvgIpc) is 2.58. The van der Waals surface area contributed by atoms with E-state index in [1.807, 2.05) is 4.90 Å². The lowest BCUT2D eigenvalue weighted by molar-refractivity contribution is -0.385. The van der Waals surface area contributed by atoms with E-state index in [1.54, 1.807) is 6.07 Å². The number of anilines is 1. The standard InChI is InChI=1S/C17H16ClF2N3O2/c18-15-9-13(19)2-1-12(15)11-21-5-7-22(8-6-21)17-4-3-14(23(24)25)10-16(17)20/h1-4,9-10H,5-8,11H2. The van der Waals surface area contributed by atoms with Gasteiger partial charge in [-0.1, -0.05) is 17.7 Å². The summed E-state index contributed by atoms with van der Waals surface area (Å²) in [4.78, 5) is 14.1. The Morgan fingerprint density at radius 3 is 2.40 bits per heavy atom. The number of hydrogen-bond acceptors (Lipinski definition) is 4. The highest BCUT2D eigenvalue weighted by molar-refractivity contribution is 6.31. The van der Waals surface area contributed by atoms with Crippen LogP contribution in [0, 0.1) is 21.7 Å². The van der Waals surface area contributed by atoms with E-state index in [-0.39, 0.29) is 11.5 Å². The van der Waals surface area contributed by atoms with E-state index < -0.39 is 10.7 Å². The summed E-state index contributed by atoms with van der Waals surface area (Å²) in [5.41, 5.74) is 0.953. The quantitative estimate of drug-likeness (QED) is 0.608. The fourth-order valence-corrected chi connectivity index (χ4v) is 3.13. The second-order valence-corrected chi connectivity index (χ2v) is 6.30. The third kappa shape index (κ3) is 4.05. The zero-order chi connectivity index (χ0) is 18.0. The Balaban J connectivity index is 1.63. The van der Waals surface area contributed by atoms with E-state index in [0.717, 1.165) is 11.6 Å². The summed E-state index contributed by atoms with van der Waals surface area (Å²) in [5, 5.41) is 11.1. The van der Waals surface area contributed by atoms with E-state index in [4.69, 9.17) is 11.6 Å². The van der Waals surface area contributed by atoms with Crippen molar-refractivity contribution >= 4 is 23.0 Å². The third-order valence-corrected chi connectivity index (χ3v) is 4.62. The summed E-state index contributed by atoms with van der Waals surface area (Å²) < 4.78 is 27.2. The Morgan fingerprint density at radius 1 is 1.08 bits per heavy atom. The third-order valence-electron chi connectivity index (χ3n) is 4.26. The minimum atomic E-state index is -0.614.